The summed E-state index contributed by atoms with van der Waals surface area (Å²) in [6.45, 7) is 2.93. The molecule has 0 atom stereocenters. The summed E-state index contributed by atoms with van der Waals surface area (Å²) in [6.07, 6.45) is 1.95. The third kappa shape index (κ3) is 5.99. The lowest BCUT2D eigenvalue weighted by Crippen LogP contribution is -2.24. The Labute approximate surface area is 185 Å². The molecule has 0 spiro atoms. The van der Waals surface area contributed by atoms with Gasteiger partial charge in [0.15, 0.2) is 0 Å². The molecule has 0 unspecified atom stereocenters. The first kappa shape index (κ1) is 20.8. The van der Waals surface area contributed by atoms with Crippen molar-refractivity contribution >= 4 is 17.2 Å². The first-order chi connectivity index (χ1) is 15.2. The Balaban J connectivity index is 1.28. The third-order valence-corrected chi connectivity index (χ3v) is 5.65. The average molecular weight is 430 g/mol. The molecule has 6 heteroatoms. The van der Waals surface area contributed by atoms with Gasteiger partial charge < -0.3 is 10.1 Å². The number of carbonyl (C=O) groups excluding carboxylic acids is 1. The van der Waals surface area contributed by atoms with E-state index in [2.05, 4.69) is 46.5 Å². The summed E-state index contributed by atoms with van der Waals surface area (Å²) < 4.78 is 5.75. The molecule has 4 rings (SSSR count). The van der Waals surface area contributed by atoms with Crippen LogP contribution in [0.5, 0.6) is 5.88 Å². The van der Waals surface area contributed by atoms with Crippen LogP contribution in [0.2, 0.25) is 0 Å². The normalized spacial score (nSPS) is 10.6. The second-order valence-corrected chi connectivity index (χ2v) is 8.10. The molecule has 0 saturated heterocycles. The highest BCUT2D eigenvalue weighted by Gasteiger charge is 2.09. The second-order valence-electron chi connectivity index (χ2n) is 7.24. The summed E-state index contributed by atoms with van der Waals surface area (Å²) in [5.41, 5.74) is 5.08. The lowest BCUT2D eigenvalue weighted by molar-refractivity contribution is -0.120. The van der Waals surface area contributed by atoms with Crippen molar-refractivity contribution < 1.29 is 9.53 Å². The molecule has 1 N–H and O–H groups in total. The summed E-state index contributed by atoms with van der Waals surface area (Å²) >= 11 is 1.55. The number of ether oxygens (including phenoxy) is 1. The molecule has 2 aromatic heterocycles. The van der Waals surface area contributed by atoms with Crippen LogP contribution in [0.1, 0.15) is 22.4 Å². The van der Waals surface area contributed by atoms with E-state index in [4.69, 9.17) is 4.74 Å². The maximum atomic E-state index is 12.4. The predicted octanol–water partition coefficient (Wildman–Crippen LogP) is 4.95. The molecular formula is C25H23N3O2S. The Hall–Kier alpha value is -3.51. The van der Waals surface area contributed by atoms with E-state index in [9.17, 15) is 4.79 Å². The fourth-order valence-corrected chi connectivity index (χ4v) is 3.84. The van der Waals surface area contributed by atoms with Gasteiger partial charge in [0, 0.05) is 29.8 Å². The van der Waals surface area contributed by atoms with Crippen molar-refractivity contribution in [2.75, 3.05) is 0 Å². The molecule has 31 heavy (non-hydrogen) atoms. The van der Waals surface area contributed by atoms with Crippen molar-refractivity contribution in [1.82, 2.24) is 15.3 Å². The number of thiazole rings is 1. The molecule has 0 aliphatic heterocycles. The van der Waals surface area contributed by atoms with Crippen molar-refractivity contribution in [1.29, 1.82) is 0 Å². The molecular weight excluding hydrogens is 406 g/mol. The molecule has 0 radical (unpaired) electrons. The van der Waals surface area contributed by atoms with Gasteiger partial charge in [-0.1, -0.05) is 60.2 Å². The van der Waals surface area contributed by atoms with Crippen molar-refractivity contribution in [2.24, 2.45) is 0 Å². The highest BCUT2D eigenvalue weighted by molar-refractivity contribution is 7.13. The van der Waals surface area contributed by atoms with Crippen molar-refractivity contribution in [3.05, 3.63) is 101 Å². The molecule has 0 fully saturated rings. The number of hydrogen-bond donors (Lipinski definition) is 1. The van der Waals surface area contributed by atoms with Gasteiger partial charge in [-0.15, -0.1) is 11.3 Å². The van der Waals surface area contributed by atoms with E-state index >= 15 is 0 Å². The number of carbonyl (C=O) groups is 1. The minimum Gasteiger partial charge on any atom is -0.473 e. The molecule has 0 bridgehead atoms. The summed E-state index contributed by atoms with van der Waals surface area (Å²) in [4.78, 5) is 21.2. The zero-order valence-corrected chi connectivity index (χ0v) is 18.1. The van der Waals surface area contributed by atoms with Gasteiger partial charge in [-0.2, -0.15) is 0 Å². The summed E-state index contributed by atoms with van der Waals surface area (Å²) in [5.74, 6) is 0.474. The van der Waals surface area contributed by atoms with E-state index in [-0.39, 0.29) is 12.3 Å². The fraction of sp³-hybridized carbons (Fsp3) is 0.160. The van der Waals surface area contributed by atoms with Crippen LogP contribution in [0.3, 0.4) is 0 Å². The van der Waals surface area contributed by atoms with Gasteiger partial charge in [-0.25, -0.2) is 9.97 Å². The Kier molecular flexibility index (Phi) is 6.69. The van der Waals surface area contributed by atoms with Crippen LogP contribution in [0.15, 0.2) is 78.3 Å². The van der Waals surface area contributed by atoms with Crippen molar-refractivity contribution in [2.45, 2.75) is 26.5 Å². The maximum absolute atomic E-state index is 12.4. The first-order valence-corrected chi connectivity index (χ1v) is 10.9. The molecule has 1 amide bonds. The quantitative estimate of drug-likeness (QED) is 0.430. The van der Waals surface area contributed by atoms with Crippen molar-refractivity contribution in [3.8, 4) is 16.5 Å². The topological polar surface area (TPSA) is 64.1 Å². The molecule has 156 valence electrons. The number of hydrogen-bond acceptors (Lipinski definition) is 5. The summed E-state index contributed by atoms with van der Waals surface area (Å²) in [5, 5.41) is 5.82. The summed E-state index contributed by atoms with van der Waals surface area (Å²) in [7, 11) is 0. The summed E-state index contributed by atoms with van der Waals surface area (Å²) in [6, 6.07) is 21.9. The molecule has 4 aromatic rings. The monoisotopic (exact) mass is 429 g/mol. The number of benzene rings is 2. The molecule has 2 aromatic carbocycles. The zero-order valence-electron chi connectivity index (χ0n) is 17.2. The minimum absolute atomic E-state index is 0.0654. The van der Waals surface area contributed by atoms with Crippen LogP contribution in [-0.4, -0.2) is 15.9 Å². The molecule has 5 nitrogen and oxygen atoms in total. The molecule has 2 heterocycles. The lowest BCUT2D eigenvalue weighted by Gasteiger charge is -2.08. The minimum atomic E-state index is -0.0654. The van der Waals surface area contributed by atoms with E-state index < -0.39 is 0 Å². The van der Waals surface area contributed by atoms with Gasteiger partial charge in [0.2, 0.25) is 11.8 Å². The third-order valence-electron chi connectivity index (χ3n) is 4.71. The lowest BCUT2D eigenvalue weighted by atomic mass is 10.2. The number of rotatable bonds is 8. The van der Waals surface area contributed by atoms with Gasteiger partial charge in [-0.05, 0) is 24.1 Å². The smallest absolute Gasteiger partial charge is 0.226 e. The fourth-order valence-electron chi connectivity index (χ4n) is 3.02. The Bertz CT molecular complexity index is 1140. The standard InChI is InChI=1S/C25H23N3O2S/c1-18-7-9-21(10-8-18)25-28-22(17-31-25)14-23(29)27-15-20-11-12-26-24(13-20)30-16-19-5-3-2-4-6-19/h2-13,17H,14-16H2,1H3,(H,27,29). The van der Waals surface area contributed by atoms with Crippen LogP contribution in [0.4, 0.5) is 0 Å². The number of pyridine rings is 1. The van der Waals surface area contributed by atoms with Crippen LogP contribution in [0, 0.1) is 6.92 Å². The Morgan fingerprint density at radius 1 is 1.03 bits per heavy atom. The SMILES string of the molecule is Cc1ccc(-c2nc(CC(=O)NCc3ccnc(OCc4ccccc4)c3)cs2)cc1. The van der Waals surface area contributed by atoms with E-state index in [1.165, 1.54) is 5.56 Å². The van der Waals surface area contributed by atoms with E-state index in [1.54, 1.807) is 17.5 Å². The van der Waals surface area contributed by atoms with E-state index in [1.807, 2.05) is 47.8 Å². The van der Waals surface area contributed by atoms with E-state index in [0.717, 1.165) is 27.4 Å². The van der Waals surface area contributed by atoms with Crippen LogP contribution in [0.25, 0.3) is 10.6 Å². The first-order valence-electron chi connectivity index (χ1n) is 10.1. The predicted molar refractivity (Wildman–Crippen MR) is 123 cm³/mol. The van der Waals surface area contributed by atoms with Gasteiger partial charge in [0.1, 0.15) is 11.6 Å². The van der Waals surface area contributed by atoms with Gasteiger partial charge in [-0.3, -0.25) is 4.79 Å². The molecule has 0 saturated carbocycles. The highest BCUT2D eigenvalue weighted by Crippen LogP contribution is 2.24. The maximum Gasteiger partial charge on any atom is 0.226 e. The van der Waals surface area contributed by atoms with Crippen LogP contribution < -0.4 is 10.1 Å². The highest BCUT2D eigenvalue weighted by atomic mass is 32.1. The zero-order chi connectivity index (χ0) is 21.5. The number of aromatic nitrogens is 2. The van der Waals surface area contributed by atoms with E-state index in [0.29, 0.717) is 19.0 Å². The van der Waals surface area contributed by atoms with Gasteiger partial charge in [0.25, 0.3) is 0 Å². The van der Waals surface area contributed by atoms with Crippen LogP contribution in [-0.2, 0) is 24.4 Å². The Morgan fingerprint density at radius 3 is 2.65 bits per heavy atom. The second kappa shape index (κ2) is 10.00. The number of nitrogens with zero attached hydrogens (tertiary/aromatic N) is 2. The largest absolute Gasteiger partial charge is 0.473 e. The molecule has 0 aliphatic rings. The Morgan fingerprint density at radius 2 is 1.84 bits per heavy atom. The average Bonchev–Trinajstić information content (AvgIpc) is 3.26. The van der Waals surface area contributed by atoms with Crippen molar-refractivity contribution in [3.63, 3.8) is 0 Å². The number of aryl methyl sites for hydroxylation is 1. The number of amides is 1. The van der Waals surface area contributed by atoms with Crippen LogP contribution >= 0.6 is 11.3 Å². The van der Waals surface area contributed by atoms with Gasteiger partial charge >= 0.3 is 0 Å². The number of nitrogens with one attached hydrogen (secondary N) is 1. The molecule has 0 aliphatic carbocycles. The van der Waals surface area contributed by atoms with Gasteiger partial charge in [0.05, 0.1) is 12.1 Å².